The highest BCUT2D eigenvalue weighted by Gasteiger charge is 2.20. The van der Waals surface area contributed by atoms with Crippen LogP contribution in [0.1, 0.15) is 36.2 Å². The molecule has 2 rings (SSSR count). The second kappa shape index (κ2) is 5.36. The van der Waals surface area contributed by atoms with Crippen LogP contribution in [0.15, 0.2) is 5.38 Å². The maximum Gasteiger partial charge on any atom is 0.272 e. The van der Waals surface area contributed by atoms with E-state index in [0.717, 1.165) is 25.7 Å². The fourth-order valence-corrected chi connectivity index (χ4v) is 2.38. The molecule has 0 aliphatic heterocycles. The predicted octanol–water partition coefficient (Wildman–Crippen LogP) is 0.819. The van der Waals surface area contributed by atoms with Gasteiger partial charge in [-0.2, -0.15) is 0 Å². The summed E-state index contributed by atoms with van der Waals surface area (Å²) in [5, 5.41) is 17.6. The lowest BCUT2D eigenvalue weighted by Crippen LogP contribution is -2.32. The fraction of sp³-hybridized carbons (Fsp3) is 0.700. The van der Waals surface area contributed by atoms with E-state index in [1.54, 1.807) is 5.38 Å². The number of carbonyl (C=O) groups excluding carboxylic acids is 1. The van der Waals surface area contributed by atoms with Crippen molar-refractivity contribution >= 4 is 17.4 Å². The fourth-order valence-electron chi connectivity index (χ4n) is 1.94. The van der Waals surface area contributed by atoms with E-state index in [0.29, 0.717) is 18.2 Å². The Labute approximate surface area is 98.0 Å². The number of amides is 1. The molecule has 88 valence electrons. The van der Waals surface area contributed by atoms with Crippen molar-refractivity contribution in [3.63, 3.8) is 0 Å². The van der Waals surface area contributed by atoms with Gasteiger partial charge in [-0.3, -0.25) is 4.79 Å². The number of aliphatic hydroxyl groups excluding tert-OH is 1. The number of hydrogen-bond acceptors (Lipinski definition) is 5. The lowest BCUT2D eigenvalue weighted by molar-refractivity contribution is 0.0906. The van der Waals surface area contributed by atoms with Crippen molar-refractivity contribution in [2.24, 2.45) is 5.92 Å². The Morgan fingerprint density at radius 1 is 1.50 bits per heavy atom. The number of aromatic nitrogens is 2. The number of rotatable bonds is 3. The smallest absolute Gasteiger partial charge is 0.272 e. The minimum Gasteiger partial charge on any atom is -0.393 e. The van der Waals surface area contributed by atoms with Crippen molar-refractivity contribution in [1.82, 2.24) is 14.9 Å². The van der Waals surface area contributed by atoms with Gasteiger partial charge in [0, 0.05) is 11.9 Å². The average Bonchev–Trinajstić information content (AvgIpc) is 2.81. The Bertz CT molecular complexity index is 334. The second-order valence-electron chi connectivity index (χ2n) is 4.17. The topological polar surface area (TPSA) is 75.1 Å². The number of carbonyl (C=O) groups is 1. The first-order valence-corrected chi connectivity index (χ1v) is 6.32. The summed E-state index contributed by atoms with van der Waals surface area (Å²) < 4.78 is 3.65. The Hall–Kier alpha value is -1.01. The maximum atomic E-state index is 11.6. The van der Waals surface area contributed by atoms with E-state index in [1.807, 2.05) is 0 Å². The van der Waals surface area contributed by atoms with Gasteiger partial charge in [0.15, 0.2) is 5.69 Å². The molecule has 1 aliphatic carbocycles. The summed E-state index contributed by atoms with van der Waals surface area (Å²) in [6, 6.07) is 0. The molecular weight excluding hydrogens is 226 g/mol. The number of hydrogen-bond donors (Lipinski definition) is 2. The summed E-state index contributed by atoms with van der Waals surface area (Å²) in [6.07, 6.45) is 3.51. The molecule has 0 atom stereocenters. The van der Waals surface area contributed by atoms with E-state index in [1.165, 1.54) is 11.5 Å². The first-order chi connectivity index (χ1) is 7.75. The van der Waals surface area contributed by atoms with Gasteiger partial charge in [-0.15, -0.1) is 5.10 Å². The molecule has 0 spiro atoms. The summed E-state index contributed by atoms with van der Waals surface area (Å²) >= 11 is 1.17. The monoisotopic (exact) mass is 241 g/mol. The van der Waals surface area contributed by atoms with Gasteiger partial charge in [0.2, 0.25) is 0 Å². The highest BCUT2D eigenvalue weighted by atomic mass is 32.1. The van der Waals surface area contributed by atoms with Gasteiger partial charge in [-0.1, -0.05) is 4.49 Å². The Kier molecular flexibility index (Phi) is 3.84. The maximum absolute atomic E-state index is 11.6. The zero-order chi connectivity index (χ0) is 11.4. The molecule has 1 fully saturated rings. The van der Waals surface area contributed by atoms with Crippen LogP contribution in [0.5, 0.6) is 0 Å². The Morgan fingerprint density at radius 2 is 2.25 bits per heavy atom. The van der Waals surface area contributed by atoms with Crippen LogP contribution in [0.4, 0.5) is 0 Å². The third-order valence-electron chi connectivity index (χ3n) is 2.96. The molecule has 1 saturated carbocycles. The molecule has 1 aliphatic rings. The lowest BCUT2D eigenvalue weighted by atomic mass is 9.87. The molecule has 1 heterocycles. The van der Waals surface area contributed by atoms with Gasteiger partial charge < -0.3 is 10.4 Å². The Morgan fingerprint density at radius 3 is 2.88 bits per heavy atom. The molecule has 6 heteroatoms. The van der Waals surface area contributed by atoms with Crippen molar-refractivity contribution in [2.45, 2.75) is 31.8 Å². The predicted molar refractivity (Wildman–Crippen MR) is 60.2 cm³/mol. The normalized spacial score (nSPS) is 25.3. The average molecular weight is 241 g/mol. The molecule has 5 nitrogen and oxygen atoms in total. The van der Waals surface area contributed by atoms with Crippen LogP contribution in [-0.2, 0) is 0 Å². The summed E-state index contributed by atoms with van der Waals surface area (Å²) in [5.74, 6) is 0.332. The van der Waals surface area contributed by atoms with Crippen LogP contribution in [0.2, 0.25) is 0 Å². The van der Waals surface area contributed by atoms with Gasteiger partial charge in [-0.25, -0.2) is 0 Å². The van der Waals surface area contributed by atoms with Gasteiger partial charge in [0.05, 0.1) is 6.10 Å². The third-order valence-corrected chi connectivity index (χ3v) is 3.46. The van der Waals surface area contributed by atoms with E-state index in [9.17, 15) is 9.90 Å². The van der Waals surface area contributed by atoms with Crippen LogP contribution in [0.3, 0.4) is 0 Å². The molecule has 0 radical (unpaired) electrons. The molecule has 16 heavy (non-hydrogen) atoms. The highest BCUT2D eigenvalue weighted by molar-refractivity contribution is 7.03. The quantitative estimate of drug-likeness (QED) is 0.821. The molecule has 0 aromatic carbocycles. The lowest BCUT2D eigenvalue weighted by Gasteiger charge is -2.25. The molecule has 2 N–H and O–H groups in total. The minimum atomic E-state index is -0.153. The summed E-state index contributed by atoms with van der Waals surface area (Å²) in [5.41, 5.74) is 0.390. The zero-order valence-corrected chi connectivity index (χ0v) is 9.74. The van der Waals surface area contributed by atoms with Crippen LogP contribution in [-0.4, -0.2) is 33.2 Å². The molecule has 0 bridgehead atoms. The zero-order valence-electron chi connectivity index (χ0n) is 8.93. The largest absolute Gasteiger partial charge is 0.393 e. The molecular formula is C10H15N3O2S. The van der Waals surface area contributed by atoms with Crippen molar-refractivity contribution in [3.05, 3.63) is 11.1 Å². The SMILES string of the molecule is O=C(NCC1CCC(O)CC1)c1csnn1. The third kappa shape index (κ3) is 2.99. The molecule has 1 aromatic rings. The van der Waals surface area contributed by atoms with Crippen molar-refractivity contribution < 1.29 is 9.90 Å². The molecule has 0 unspecified atom stereocenters. The van der Waals surface area contributed by atoms with Crippen LogP contribution in [0, 0.1) is 5.92 Å². The standard InChI is InChI=1S/C10H15N3O2S/c14-8-3-1-7(2-4-8)5-11-10(15)9-6-16-13-12-9/h6-8,14H,1-5H2,(H,11,15). The number of aliphatic hydroxyl groups is 1. The first-order valence-electron chi connectivity index (χ1n) is 5.49. The summed E-state index contributed by atoms with van der Waals surface area (Å²) in [7, 11) is 0. The number of nitrogens with zero attached hydrogens (tertiary/aromatic N) is 2. The number of nitrogens with one attached hydrogen (secondary N) is 1. The molecule has 1 aromatic heterocycles. The summed E-state index contributed by atoms with van der Waals surface area (Å²) in [4.78, 5) is 11.6. The van der Waals surface area contributed by atoms with Gasteiger partial charge in [0.1, 0.15) is 0 Å². The van der Waals surface area contributed by atoms with E-state index >= 15 is 0 Å². The van der Waals surface area contributed by atoms with Gasteiger partial charge in [0.25, 0.3) is 5.91 Å². The molecule has 0 saturated heterocycles. The van der Waals surface area contributed by atoms with E-state index in [4.69, 9.17) is 0 Å². The van der Waals surface area contributed by atoms with Crippen molar-refractivity contribution in [3.8, 4) is 0 Å². The van der Waals surface area contributed by atoms with Gasteiger partial charge in [-0.05, 0) is 43.1 Å². The first kappa shape index (κ1) is 11.5. The second-order valence-corrected chi connectivity index (χ2v) is 4.78. The molecule has 1 amide bonds. The van der Waals surface area contributed by atoms with Crippen LogP contribution in [0.25, 0.3) is 0 Å². The van der Waals surface area contributed by atoms with Gasteiger partial charge >= 0.3 is 0 Å². The highest BCUT2D eigenvalue weighted by Crippen LogP contribution is 2.23. The minimum absolute atomic E-state index is 0.144. The Balaban J connectivity index is 1.73. The summed E-state index contributed by atoms with van der Waals surface area (Å²) in [6.45, 7) is 0.670. The van der Waals surface area contributed by atoms with E-state index in [2.05, 4.69) is 14.9 Å². The van der Waals surface area contributed by atoms with E-state index in [-0.39, 0.29) is 12.0 Å². The van der Waals surface area contributed by atoms with Crippen LogP contribution >= 0.6 is 11.5 Å². The van der Waals surface area contributed by atoms with E-state index < -0.39 is 0 Å². The van der Waals surface area contributed by atoms with Crippen molar-refractivity contribution in [1.29, 1.82) is 0 Å². The van der Waals surface area contributed by atoms with Crippen molar-refractivity contribution in [2.75, 3.05) is 6.54 Å². The van der Waals surface area contributed by atoms with Crippen LogP contribution < -0.4 is 5.32 Å².